The van der Waals surface area contributed by atoms with Crippen LogP contribution in [0.15, 0.2) is 30.3 Å². The average Bonchev–Trinajstić information content (AvgIpc) is 2.65. The van der Waals surface area contributed by atoms with Crippen LogP contribution < -0.4 is 0 Å². The quantitative estimate of drug-likeness (QED) is 0.888. The molecule has 1 fully saturated rings. The highest BCUT2D eigenvalue weighted by molar-refractivity contribution is 5.95. The van der Waals surface area contributed by atoms with Crippen molar-refractivity contribution in [3.8, 4) is 11.4 Å². The summed E-state index contributed by atoms with van der Waals surface area (Å²) in [4.78, 5) is 26.0. The second-order valence-electron chi connectivity index (χ2n) is 6.77. The van der Waals surface area contributed by atoms with E-state index in [1.807, 2.05) is 49.1 Å². The molecule has 0 bridgehead atoms. The minimum atomic E-state index is 0.0537. The maximum Gasteiger partial charge on any atom is 0.253 e. The van der Waals surface area contributed by atoms with E-state index in [1.54, 1.807) is 0 Å². The van der Waals surface area contributed by atoms with Crippen molar-refractivity contribution in [3.63, 3.8) is 0 Å². The lowest BCUT2D eigenvalue weighted by Gasteiger charge is -2.34. The number of aromatic nitrogens is 2. The Labute approximate surface area is 154 Å². The highest BCUT2D eigenvalue weighted by atomic mass is 16.3. The Bertz CT molecular complexity index is 750. The van der Waals surface area contributed by atoms with Gasteiger partial charge in [0, 0.05) is 61.8 Å². The molecule has 1 amide bonds. The monoisotopic (exact) mass is 354 g/mol. The van der Waals surface area contributed by atoms with Crippen LogP contribution in [0.3, 0.4) is 0 Å². The third-order valence-electron chi connectivity index (χ3n) is 4.64. The van der Waals surface area contributed by atoms with Gasteiger partial charge < -0.3 is 10.0 Å². The first-order chi connectivity index (χ1) is 12.6. The van der Waals surface area contributed by atoms with Crippen LogP contribution in [-0.2, 0) is 0 Å². The summed E-state index contributed by atoms with van der Waals surface area (Å²) in [5.74, 6) is 0.712. The zero-order valence-corrected chi connectivity index (χ0v) is 15.5. The smallest absolute Gasteiger partial charge is 0.253 e. The minimum absolute atomic E-state index is 0.0537. The molecule has 1 N–H and O–H groups in total. The number of amides is 1. The van der Waals surface area contributed by atoms with Crippen molar-refractivity contribution in [2.24, 2.45) is 0 Å². The van der Waals surface area contributed by atoms with E-state index in [2.05, 4.69) is 14.9 Å². The number of aryl methyl sites for hydroxylation is 2. The van der Waals surface area contributed by atoms with Crippen molar-refractivity contribution in [1.29, 1.82) is 0 Å². The van der Waals surface area contributed by atoms with Gasteiger partial charge in [-0.15, -0.1) is 0 Å². The van der Waals surface area contributed by atoms with E-state index in [0.717, 1.165) is 43.0 Å². The molecule has 1 aromatic heterocycles. The van der Waals surface area contributed by atoms with Gasteiger partial charge >= 0.3 is 0 Å². The van der Waals surface area contributed by atoms with Crippen LogP contribution in [0.25, 0.3) is 11.4 Å². The summed E-state index contributed by atoms with van der Waals surface area (Å²) in [6, 6.07) is 9.51. The first-order valence-corrected chi connectivity index (χ1v) is 9.12. The molecule has 0 atom stereocenters. The van der Waals surface area contributed by atoms with Crippen LogP contribution in [0.4, 0.5) is 0 Å². The van der Waals surface area contributed by atoms with Gasteiger partial charge in [-0.1, -0.05) is 12.1 Å². The van der Waals surface area contributed by atoms with Crippen LogP contribution in [0.5, 0.6) is 0 Å². The number of carbonyl (C=O) groups is 1. The van der Waals surface area contributed by atoms with E-state index in [-0.39, 0.29) is 12.5 Å². The molecule has 3 rings (SSSR count). The number of aliphatic hydroxyl groups excluding tert-OH is 1. The highest BCUT2D eigenvalue weighted by Gasteiger charge is 2.22. The van der Waals surface area contributed by atoms with Gasteiger partial charge in [0.25, 0.3) is 5.91 Å². The molecule has 0 radical (unpaired) electrons. The minimum Gasteiger partial charge on any atom is -0.396 e. The van der Waals surface area contributed by atoms with Crippen molar-refractivity contribution in [3.05, 3.63) is 47.3 Å². The topological polar surface area (TPSA) is 69.6 Å². The van der Waals surface area contributed by atoms with Crippen molar-refractivity contribution in [1.82, 2.24) is 19.8 Å². The molecule has 0 saturated carbocycles. The maximum absolute atomic E-state index is 12.9. The number of rotatable bonds is 5. The maximum atomic E-state index is 12.9. The van der Waals surface area contributed by atoms with Crippen LogP contribution in [-0.4, -0.2) is 70.1 Å². The molecule has 0 spiro atoms. The van der Waals surface area contributed by atoms with Gasteiger partial charge in [0.2, 0.25) is 0 Å². The SMILES string of the molecule is Cc1cc(C)nc(-c2cccc(C(=O)N3CCN(CCCO)CC3)c2)n1. The molecular formula is C20H26N4O2. The Morgan fingerprint density at radius 3 is 2.42 bits per heavy atom. The Morgan fingerprint density at radius 1 is 1.08 bits per heavy atom. The van der Waals surface area contributed by atoms with Crippen LogP contribution in [0, 0.1) is 13.8 Å². The average molecular weight is 354 g/mol. The number of benzene rings is 1. The summed E-state index contributed by atoms with van der Waals surface area (Å²) in [6.07, 6.45) is 0.784. The van der Waals surface area contributed by atoms with Crippen LogP contribution in [0.1, 0.15) is 28.2 Å². The fourth-order valence-electron chi connectivity index (χ4n) is 3.30. The lowest BCUT2D eigenvalue weighted by atomic mass is 10.1. The van der Waals surface area contributed by atoms with E-state index in [4.69, 9.17) is 5.11 Å². The molecule has 1 aliphatic rings. The van der Waals surface area contributed by atoms with Gasteiger partial charge in [0.1, 0.15) is 0 Å². The molecule has 6 heteroatoms. The van der Waals surface area contributed by atoms with Crippen molar-refractivity contribution in [2.75, 3.05) is 39.3 Å². The molecule has 138 valence electrons. The Kier molecular flexibility index (Phi) is 5.96. The zero-order chi connectivity index (χ0) is 18.5. The van der Waals surface area contributed by atoms with E-state index >= 15 is 0 Å². The fraction of sp³-hybridized carbons (Fsp3) is 0.450. The lowest BCUT2D eigenvalue weighted by Crippen LogP contribution is -2.48. The first kappa shape index (κ1) is 18.5. The Balaban J connectivity index is 1.71. The molecule has 26 heavy (non-hydrogen) atoms. The summed E-state index contributed by atoms with van der Waals surface area (Å²) in [6.45, 7) is 8.14. The molecule has 1 aromatic carbocycles. The Morgan fingerprint density at radius 2 is 1.77 bits per heavy atom. The van der Waals surface area contributed by atoms with Gasteiger partial charge in [-0.2, -0.15) is 0 Å². The summed E-state index contributed by atoms with van der Waals surface area (Å²) >= 11 is 0. The van der Waals surface area contributed by atoms with E-state index in [1.165, 1.54) is 0 Å². The van der Waals surface area contributed by atoms with Gasteiger partial charge in [-0.3, -0.25) is 9.69 Å². The Hall–Kier alpha value is -2.31. The molecular weight excluding hydrogens is 328 g/mol. The second kappa shape index (κ2) is 8.38. The summed E-state index contributed by atoms with van der Waals surface area (Å²) in [5, 5.41) is 8.94. The number of carbonyl (C=O) groups excluding carboxylic acids is 1. The summed E-state index contributed by atoms with van der Waals surface area (Å²) in [5.41, 5.74) is 3.38. The number of aliphatic hydroxyl groups is 1. The van der Waals surface area contributed by atoms with E-state index in [0.29, 0.717) is 24.5 Å². The number of nitrogens with zero attached hydrogens (tertiary/aromatic N) is 4. The molecule has 1 aliphatic heterocycles. The standard InChI is InChI=1S/C20H26N4O2/c1-15-13-16(2)22-19(21-15)17-5-3-6-18(14-17)20(26)24-10-8-23(9-11-24)7-4-12-25/h3,5-6,13-14,25H,4,7-12H2,1-2H3. The molecule has 1 saturated heterocycles. The predicted octanol–water partition coefficient (Wildman–Crippen LogP) is 1.90. The molecule has 0 unspecified atom stereocenters. The third-order valence-corrected chi connectivity index (χ3v) is 4.64. The molecule has 2 heterocycles. The summed E-state index contributed by atoms with van der Waals surface area (Å²) in [7, 11) is 0. The van der Waals surface area contributed by atoms with Gasteiger partial charge in [0.15, 0.2) is 5.82 Å². The van der Waals surface area contributed by atoms with Gasteiger partial charge in [-0.25, -0.2) is 9.97 Å². The molecule has 2 aromatic rings. The second-order valence-corrected chi connectivity index (χ2v) is 6.77. The number of hydrogen-bond donors (Lipinski definition) is 1. The van der Waals surface area contributed by atoms with Crippen molar-refractivity contribution >= 4 is 5.91 Å². The van der Waals surface area contributed by atoms with Crippen LogP contribution >= 0.6 is 0 Å². The van der Waals surface area contributed by atoms with Crippen molar-refractivity contribution in [2.45, 2.75) is 20.3 Å². The zero-order valence-electron chi connectivity index (χ0n) is 15.5. The lowest BCUT2D eigenvalue weighted by molar-refractivity contribution is 0.0629. The van der Waals surface area contributed by atoms with Crippen molar-refractivity contribution < 1.29 is 9.90 Å². The largest absolute Gasteiger partial charge is 0.396 e. The predicted molar refractivity (Wildman–Crippen MR) is 101 cm³/mol. The third kappa shape index (κ3) is 4.45. The summed E-state index contributed by atoms with van der Waals surface area (Å²) < 4.78 is 0. The normalized spacial score (nSPS) is 15.3. The molecule has 6 nitrogen and oxygen atoms in total. The molecule has 0 aliphatic carbocycles. The van der Waals surface area contributed by atoms with E-state index < -0.39 is 0 Å². The number of hydrogen-bond acceptors (Lipinski definition) is 5. The fourth-order valence-corrected chi connectivity index (χ4v) is 3.30. The first-order valence-electron chi connectivity index (χ1n) is 9.12. The van der Waals surface area contributed by atoms with Crippen LogP contribution in [0.2, 0.25) is 0 Å². The highest BCUT2D eigenvalue weighted by Crippen LogP contribution is 2.19. The van der Waals surface area contributed by atoms with Gasteiger partial charge in [0.05, 0.1) is 0 Å². The van der Waals surface area contributed by atoms with Gasteiger partial charge in [-0.05, 0) is 38.5 Å². The van der Waals surface area contributed by atoms with E-state index in [9.17, 15) is 4.79 Å². The number of piperazine rings is 1.